The molecule has 2 aromatic rings. The standard InChI is InChI=1S/C13H13BrN2O2S/c1-7-5-11(19-12(7)14)13(17)16-9-6-8(15)3-4-10(9)18-2/h3-6H,15H2,1-2H3,(H,16,17). The molecule has 0 aliphatic rings. The van der Waals surface area contributed by atoms with Crippen LogP contribution in [0.5, 0.6) is 5.75 Å². The molecule has 0 saturated heterocycles. The van der Waals surface area contributed by atoms with E-state index in [0.717, 1.165) is 9.35 Å². The number of hydrogen-bond acceptors (Lipinski definition) is 4. The molecule has 0 bridgehead atoms. The van der Waals surface area contributed by atoms with Crippen LogP contribution in [0.15, 0.2) is 28.1 Å². The highest BCUT2D eigenvalue weighted by molar-refractivity contribution is 9.11. The van der Waals surface area contributed by atoms with Crippen LogP contribution < -0.4 is 15.8 Å². The normalized spacial score (nSPS) is 10.3. The van der Waals surface area contributed by atoms with Crippen LogP contribution in [-0.4, -0.2) is 13.0 Å². The highest BCUT2D eigenvalue weighted by Gasteiger charge is 2.13. The van der Waals surface area contributed by atoms with E-state index in [2.05, 4.69) is 21.2 Å². The highest BCUT2D eigenvalue weighted by Crippen LogP contribution is 2.30. The van der Waals surface area contributed by atoms with Crippen LogP contribution >= 0.6 is 27.3 Å². The van der Waals surface area contributed by atoms with Crippen LogP contribution in [0.25, 0.3) is 0 Å². The van der Waals surface area contributed by atoms with Crippen molar-refractivity contribution < 1.29 is 9.53 Å². The van der Waals surface area contributed by atoms with Crippen molar-refractivity contribution in [2.75, 3.05) is 18.2 Å². The number of amides is 1. The molecule has 100 valence electrons. The van der Waals surface area contributed by atoms with Crippen molar-refractivity contribution >= 4 is 44.5 Å². The summed E-state index contributed by atoms with van der Waals surface area (Å²) >= 11 is 4.80. The number of hydrogen-bond donors (Lipinski definition) is 2. The zero-order valence-corrected chi connectivity index (χ0v) is 12.9. The van der Waals surface area contributed by atoms with Crippen molar-refractivity contribution in [2.24, 2.45) is 0 Å². The van der Waals surface area contributed by atoms with Gasteiger partial charge in [-0.3, -0.25) is 4.79 Å². The molecule has 0 unspecified atom stereocenters. The fourth-order valence-corrected chi connectivity index (χ4v) is 3.01. The molecule has 19 heavy (non-hydrogen) atoms. The van der Waals surface area contributed by atoms with E-state index in [4.69, 9.17) is 10.5 Å². The molecule has 0 fully saturated rings. The lowest BCUT2D eigenvalue weighted by Gasteiger charge is -2.10. The predicted octanol–water partition coefficient (Wildman–Crippen LogP) is 3.66. The summed E-state index contributed by atoms with van der Waals surface area (Å²) in [5.41, 5.74) is 7.88. The Bertz CT molecular complexity index is 606. The lowest BCUT2D eigenvalue weighted by molar-refractivity contribution is 0.103. The van der Waals surface area contributed by atoms with Gasteiger partial charge in [0.15, 0.2) is 0 Å². The van der Waals surface area contributed by atoms with Gasteiger partial charge in [-0.25, -0.2) is 0 Å². The summed E-state index contributed by atoms with van der Waals surface area (Å²) in [6.45, 7) is 1.94. The molecule has 0 radical (unpaired) electrons. The molecule has 1 amide bonds. The predicted molar refractivity (Wildman–Crippen MR) is 82.1 cm³/mol. The first-order chi connectivity index (χ1) is 9.01. The summed E-state index contributed by atoms with van der Waals surface area (Å²) in [6, 6.07) is 6.95. The molecule has 1 heterocycles. The van der Waals surface area contributed by atoms with Gasteiger partial charge in [-0.15, -0.1) is 11.3 Å². The number of halogens is 1. The second-order valence-electron chi connectivity index (χ2n) is 3.98. The maximum atomic E-state index is 12.1. The quantitative estimate of drug-likeness (QED) is 0.838. The summed E-state index contributed by atoms with van der Waals surface area (Å²) in [6.07, 6.45) is 0. The number of rotatable bonds is 3. The zero-order chi connectivity index (χ0) is 14.0. The van der Waals surface area contributed by atoms with Crippen molar-refractivity contribution in [1.82, 2.24) is 0 Å². The first-order valence-electron chi connectivity index (χ1n) is 5.52. The number of nitrogens with two attached hydrogens (primary N) is 1. The maximum Gasteiger partial charge on any atom is 0.265 e. The maximum absolute atomic E-state index is 12.1. The number of thiophene rings is 1. The van der Waals surface area contributed by atoms with E-state index in [0.29, 0.717) is 22.0 Å². The molecule has 0 spiro atoms. The molecule has 2 rings (SSSR count). The van der Waals surface area contributed by atoms with E-state index >= 15 is 0 Å². The summed E-state index contributed by atoms with van der Waals surface area (Å²) in [5.74, 6) is 0.401. The smallest absolute Gasteiger partial charge is 0.265 e. The Kier molecular flexibility index (Phi) is 4.11. The monoisotopic (exact) mass is 340 g/mol. The van der Waals surface area contributed by atoms with Crippen molar-refractivity contribution in [1.29, 1.82) is 0 Å². The second-order valence-corrected chi connectivity index (χ2v) is 6.35. The topological polar surface area (TPSA) is 64.3 Å². The molecule has 0 aliphatic carbocycles. The lowest BCUT2D eigenvalue weighted by atomic mass is 10.2. The van der Waals surface area contributed by atoms with Gasteiger partial charge in [0.25, 0.3) is 5.91 Å². The third-order valence-corrected chi connectivity index (χ3v) is 4.69. The number of benzene rings is 1. The number of anilines is 2. The van der Waals surface area contributed by atoms with Gasteiger partial charge in [0, 0.05) is 5.69 Å². The van der Waals surface area contributed by atoms with Gasteiger partial charge in [0.2, 0.25) is 0 Å². The van der Waals surface area contributed by atoms with Gasteiger partial charge in [-0.05, 0) is 52.7 Å². The molecule has 6 heteroatoms. The van der Waals surface area contributed by atoms with Crippen molar-refractivity contribution in [3.63, 3.8) is 0 Å². The number of nitrogens with one attached hydrogen (secondary N) is 1. The fourth-order valence-electron chi connectivity index (χ4n) is 1.58. The van der Waals surface area contributed by atoms with E-state index in [1.807, 2.05) is 13.0 Å². The van der Waals surface area contributed by atoms with Crippen LogP contribution in [0.3, 0.4) is 0 Å². The molecule has 4 nitrogen and oxygen atoms in total. The summed E-state index contributed by atoms with van der Waals surface area (Å²) in [4.78, 5) is 12.8. The fraction of sp³-hybridized carbons (Fsp3) is 0.154. The van der Waals surface area contributed by atoms with Crippen molar-refractivity contribution in [3.8, 4) is 5.75 Å². The highest BCUT2D eigenvalue weighted by atomic mass is 79.9. The van der Waals surface area contributed by atoms with E-state index < -0.39 is 0 Å². The molecule has 3 N–H and O–H groups in total. The third-order valence-electron chi connectivity index (χ3n) is 2.55. The molecule has 0 atom stereocenters. The van der Waals surface area contributed by atoms with Crippen LogP contribution in [0.4, 0.5) is 11.4 Å². The Morgan fingerprint density at radius 1 is 1.42 bits per heavy atom. The Morgan fingerprint density at radius 2 is 2.16 bits per heavy atom. The third kappa shape index (κ3) is 3.08. The summed E-state index contributed by atoms with van der Waals surface area (Å²) in [7, 11) is 1.55. The molecule has 0 aliphatic heterocycles. The zero-order valence-electron chi connectivity index (χ0n) is 10.5. The minimum Gasteiger partial charge on any atom is -0.495 e. The van der Waals surface area contributed by atoms with Crippen LogP contribution in [-0.2, 0) is 0 Å². The van der Waals surface area contributed by atoms with Gasteiger partial charge in [0.1, 0.15) is 5.75 Å². The van der Waals surface area contributed by atoms with Gasteiger partial charge in [0.05, 0.1) is 21.5 Å². The van der Waals surface area contributed by atoms with Gasteiger partial charge in [-0.1, -0.05) is 0 Å². The summed E-state index contributed by atoms with van der Waals surface area (Å²) < 4.78 is 6.15. The van der Waals surface area contributed by atoms with E-state index in [1.54, 1.807) is 25.3 Å². The molecule has 0 saturated carbocycles. The Labute approximate surface area is 123 Å². The second kappa shape index (κ2) is 5.63. The first kappa shape index (κ1) is 13.9. The van der Waals surface area contributed by atoms with Gasteiger partial charge >= 0.3 is 0 Å². The SMILES string of the molecule is COc1ccc(N)cc1NC(=O)c1cc(C)c(Br)s1. The number of carbonyl (C=O) groups excluding carboxylic acids is 1. The Hall–Kier alpha value is -1.53. The van der Waals surface area contributed by atoms with Crippen LogP contribution in [0.2, 0.25) is 0 Å². The summed E-state index contributed by atoms with van der Waals surface area (Å²) in [5, 5.41) is 2.80. The molecular formula is C13H13BrN2O2S. The molecular weight excluding hydrogens is 328 g/mol. The Morgan fingerprint density at radius 3 is 2.74 bits per heavy atom. The number of nitrogen functional groups attached to an aromatic ring is 1. The number of aryl methyl sites for hydroxylation is 1. The average molecular weight is 341 g/mol. The van der Waals surface area contributed by atoms with Crippen molar-refractivity contribution in [3.05, 3.63) is 38.5 Å². The van der Waals surface area contributed by atoms with Crippen LogP contribution in [0, 0.1) is 6.92 Å². The van der Waals surface area contributed by atoms with E-state index in [1.165, 1.54) is 11.3 Å². The van der Waals surface area contributed by atoms with Crippen LogP contribution in [0.1, 0.15) is 15.2 Å². The van der Waals surface area contributed by atoms with E-state index in [9.17, 15) is 4.79 Å². The number of methoxy groups -OCH3 is 1. The average Bonchev–Trinajstić information content (AvgIpc) is 2.70. The van der Waals surface area contributed by atoms with Gasteiger partial charge in [-0.2, -0.15) is 0 Å². The number of ether oxygens (including phenoxy) is 1. The minimum atomic E-state index is -0.178. The molecule has 1 aromatic carbocycles. The minimum absolute atomic E-state index is 0.178. The van der Waals surface area contributed by atoms with Gasteiger partial charge < -0.3 is 15.8 Å². The lowest BCUT2D eigenvalue weighted by Crippen LogP contribution is -2.11. The van der Waals surface area contributed by atoms with Crippen molar-refractivity contribution in [2.45, 2.75) is 6.92 Å². The Balaban J connectivity index is 2.25. The van der Waals surface area contributed by atoms with E-state index in [-0.39, 0.29) is 5.91 Å². The largest absolute Gasteiger partial charge is 0.495 e. The first-order valence-corrected chi connectivity index (χ1v) is 7.13. The number of carbonyl (C=O) groups is 1. The molecule has 1 aromatic heterocycles.